The topological polar surface area (TPSA) is 70.2 Å². The Hall–Kier alpha value is -1.59. The number of benzene rings is 1. The minimum atomic E-state index is -0.200. The van der Waals surface area contributed by atoms with Crippen LogP contribution in [0.2, 0.25) is 0 Å². The Balaban J connectivity index is 0.00000208. The van der Waals surface area contributed by atoms with Gasteiger partial charge in [-0.15, -0.1) is 12.4 Å². The number of hydrogen-bond acceptors (Lipinski definition) is 3. The van der Waals surface area contributed by atoms with E-state index >= 15 is 0 Å². The lowest BCUT2D eigenvalue weighted by Gasteiger charge is -2.37. The van der Waals surface area contributed by atoms with E-state index in [1.54, 1.807) is 0 Å². The molecule has 0 aromatic heterocycles. The van der Waals surface area contributed by atoms with Crippen LogP contribution >= 0.6 is 12.4 Å². The molecule has 3 N–H and O–H groups in total. The second-order valence-corrected chi connectivity index (χ2v) is 6.79. The Morgan fingerprint density at radius 1 is 1.25 bits per heavy atom. The van der Waals surface area contributed by atoms with Crippen molar-refractivity contribution in [2.24, 2.45) is 11.3 Å². The van der Waals surface area contributed by atoms with E-state index < -0.39 is 0 Å². The molecule has 0 unspecified atom stereocenters. The lowest BCUT2D eigenvalue weighted by molar-refractivity contribution is -0.134. The normalized spacial score (nSPS) is 25.3. The summed E-state index contributed by atoms with van der Waals surface area (Å²) in [6, 6.07) is 7.60. The van der Waals surface area contributed by atoms with Gasteiger partial charge in [-0.2, -0.15) is 0 Å². The molecule has 1 saturated heterocycles. The van der Waals surface area contributed by atoms with Gasteiger partial charge in [-0.3, -0.25) is 9.59 Å². The van der Waals surface area contributed by atoms with Gasteiger partial charge in [-0.1, -0.05) is 25.0 Å². The third-order valence-corrected chi connectivity index (χ3v) is 5.22. The number of hydrogen-bond donors (Lipinski definition) is 3. The molecule has 1 aliphatic carbocycles. The zero-order valence-electron chi connectivity index (χ0n) is 14.1. The molecule has 5 nitrogen and oxygen atoms in total. The molecule has 2 fully saturated rings. The fourth-order valence-corrected chi connectivity index (χ4v) is 3.96. The van der Waals surface area contributed by atoms with Crippen molar-refractivity contribution in [3.05, 3.63) is 29.8 Å². The Morgan fingerprint density at radius 3 is 2.71 bits per heavy atom. The lowest BCUT2D eigenvalue weighted by Crippen LogP contribution is -2.47. The Bertz CT molecular complexity index is 590. The second-order valence-electron chi connectivity index (χ2n) is 6.79. The van der Waals surface area contributed by atoms with Crippen LogP contribution in [0.5, 0.6) is 0 Å². The predicted molar refractivity (Wildman–Crippen MR) is 97.1 cm³/mol. The van der Waals surface area contributed by atoms with Crippen molar-refractivity contribution in [3.8, 4) is 0 Å². The van der Waals surface area contributed by atoms with Crippen LogP contribution in [0.15, 0.2) is 24.3 Å². The van der Waals surface area contributed by atoms with E-state index in [0.29, 0.717) is 12.5 Å². The average molecular weight is 352 g/mol. The SMILES string of the molecule is CC(=O)Nc1ccc(CNC(=O)[C@@]23CCCC[C@H]2CNC3)cc1.Cl. The van der Waals surface area contributed by atoms with Crippen molar-refractivity contribution in [2.75, 3.05) is 18.4 Å². The van der Waals surface area contributed by atoms with Crippen LogP contribution in [-0.2, 0) is 16.1 Å². The number of rotatable bonds is 4. The standard InChI is InChI=1S/C18H25N3O2.ClH/c1-13(22)21-16-7-5-14(6-8-16)10-20-17(23)18-9-3-2-4-15(18)11-19-12-18;/h5-8,15,19H,2-4,9-12H2,1H3,(H,20,23)(H,21,22);1H/t15-,18+;/m0./s1. The number of amides is 2. The number of nitrogens with one attached hydrogen (secondary N) is 3. The van der Waals surface area contributed by atoms with Crippen molar-refractivity contribution < 1.29 is 9.59 Å². The van der Waals surface area contributed by atoms with Gasteiger partial charge in [0, 0.05) is 25.7 Å². The highest BCUT2D eigenvalue weighted by atomic mass is 35.5. The maximum atomic E-state index is 12.8. The molecule has 1 aromatic rings. The van der Waals surface area contributed by atoms with E-state index in [1.807, 2.05) is 24.3 Å². The maximum Gasteiger partial charge on any atom is 0.228 e. The van der Waals surface area contributed by atoms with Crippen molar-refractivity contribution in [1.82, 2.24) is 10.6 Å². The van der Waals surface area contributed by atoms with E-state index in [1.165, 1.54) is 13.3 Å². The number of anilines is 1. The monoisotopic (exact) mass is 351 g/mol. The molecule has 2 aliphatic rings. The summed E-state index contributed by atoms with van der Waals surface area (Å²) < 4.78 is 0. The Labute approximate surface area is 149 Å². The molecule has 1 heterocycles. The summed E-state index contributed by atoms with van der Waals surface area (Å²) in [5.74, 6) is 0.596. The number of carbonyl (C=O) groups is 2. The van der Waals surface area contributed by atoms with E-state index in [9.17, 15) is 9.59 Å². The minimum absolute atomic E-state index is 0. The molecular formula is C18H26ClN3O2. The smallest absolute Gasteiger partial charge is 0.228 e. The van der Waals surface area contributed by atoms with Crippen LogP contribution in [0.3, 0.4) is 0 Å². The van der Waals surface area contributed by atoms with Gasteiger partial charge in [0.25, 0.3) is 0 Å². The zero-order chi connectivity index (χ0) is 16.3. The first-order valence-corrected chi connectivity index (χ1v) is 8.46. The van der Waals surface area contributed by atoms with Gasteiger partial charge in [0.05, 0.1) is 5.41 Å². The third-order valence-electron chi connectivity index (χ3n) is 5.22. The first-order valence-electron chi connectivity index (χ1n) is 8.46. The second kappa shape index (κ2) is 7.99. The fourth-order valence-electron chi connectivity index (χ4n) is 3.96. The van der Waals surface area contributed by atoms with Crippen molar-refractivity contribution in [2.45, 2.75) is 39.2 Å². The van der Waals surface area contributed by atoms with Crippen LogP contribution in [0, 0.1) is 11.3 Å². The largest absolute Gasteiger partial charge is 0.351 e. The van der Waals surface area contributed by atoms with E-state index in [0.717, 1.165) is 43.6 Å². The zero-order valence-corrected chi connectivity index (χ0v) is 14.9. The molecule has 1 aromatic carbocycles. The molecule has 6 heteroatoms. The number of carbonyl (C=O) groups excluding carboxylic acids is 2. The summed E-state index contributed by atoms with van der Waals surface area (Å²) >= 11 is 0. The van der Waals surface area contributed by atoms with Gasteiger partial charge in [-0.05, 0) is 43.0 Å². The minimum Gasteiger partial charge on any atom is -0.351 e. The first-order chi connectivity index (χ1) is 11.1. The summed E-state index contributed by atoms with van der Waals surface area (Å²) in [5, 5.41) is 9.28. The number of halogens is 1. The Kier molecular flexibility index (Phi) is 6.24. The molecule has 1 aliphatic heterocycles. The average Bonchev–Trinajstić information content (AvgIpc) is 2.98. The van der Waals surface area contributed by atoms with E-state index in [4.69, 9.17) is 0 Å². The number of fused-ring (bicyclic) bond motifs is 1. The van der Waals surface area contributed by atoms with Gasteiger partial charge in [0.1, 0.15) is 0 Å². The Morgan fingerprint density at radius 2 is 2.00 bits per heavy atom. The summed E-state index contributed by atoms with van der Waals surface area (Å²) in [5.41, 5.74) is 1.62. The predicted octanol–water partition coefficient (Wildman–Crippen LogP) is 2.46. The van der Waals surface area contributed by atoms with Gasteiger partial charge in [0.15, 0.2) is 0 Å². The summed E-state index contributed by atoms with van der Waals surface area (Å²) in [6.07, 6.45) is 4.55. The molecule has 0 spiro atoms. The van der Waals surface area contributed by atoms with Crippen molar-refractivity contribution in [3.63, 3.8) is 0 Å². The summed E-state index contributed by atoms with van der Waals surface area (Å²) in [6.45, 7) is 3.81. The van der Waals surface area contributed by atoms with Crippen LogP contribution in [0.4, 0.5) is 5.69 Å². The van der Waals surface area contributed by atoms with Crippen molar-refractivity contribution in [1.29, 1.82) is 0 Å². The van der Waals surface area contributed by atoms with E-state index in [-0.39, 0.29) is 29.6 Å². The van der Waals surface area contributed by atoms with Crippen LogP contribution in [0.25, 0.3) is 0 Å². The summed E-state index contributed by atoms with van der Waals surface area (Å²) in [4.78, 5) is 23.8. The highest BCUT2D eigenvalue weighted by molar-refractivity contribution is 5.88. The van der Waals surface area contributed by atoms with Crippen LogP contribution in [0.1, 0.15) is 38.2 Å². The quantitative estimate of drug-likeness (QED) is 0.780. The first kappa shape index (κ1) is 18.7. The van der Waals surface area contributed by atoms with Gasteiger partial charge in [0.2, 0.25) is 11.8 Å². The molecular weight excluding hydrogens is 326 g/mol. The van der Waals surface area contributed by atoms with Crippen LogP contribution < -0.4 is 16.0 Å². The van der Waals surface area contributed by atoms with Gasteiger partial charge < -0.3 is 16.0 Å². The highest BCUT2D eigenvalue weighted by Crippen LogP contribution is 2.43. The molecule has 3 rings (SSSR count). The third kappa shape index (κ3) is 3.90. The molecule has 2 atom stereocenters. The molecule has 132 valence electrons. The summed E-state index contributed by atoms with van der Waals surface area (Å²) in [7, 11) is 0. The lowest BCUT2D eigenvalue weighted by atomic mass is 9.67. The van der Waals surface area contributed by atoms with Crippen LogP contribution in [-0.4, -0.2) is 24.9 Å². The highest BCUT2D eigenvalue weighted by Gasteiger charge is 2.49. The van der Waals surface area contributed by atoms with Gasteiger partial charge in [-0.25, -0.2) is 0 Å². The molecule has 0 bridgehead atoms. The van der Waals surface area contributed by atoms with Gasteiger partial charge >= 0.3 is 0 Å². The molecule has 1 saturated carbocycles. The molecule has 2 amide bonds. The fraction of sp³-hybridized carbons (Fsp3) is 0.556. The maximum absolute atomic E-state index is 12.8. The van der Waals surface area contributed by atoms with Crippen molar-refractivity contribution >= 4 is 29.9 Å². The molecule has 0 radical (unpaired) electrons. The molecule has 24 heavy (non-hydrogen) atoms. The van der Waals surface area contributed by atoms with E-state index in [2.05, 4.69) is 16.0 Å².